The normalized spacial score (nSPS) is 20.7. The molecule has 0 bridgehead atoms. The lowest BCUT2D eigenvalue weighted by molar-refractivity contribution is 0.0368. The van der Waals surface area contributed by atoms with Crippen LogP contribution in [0, 0.1) is 6.92 Å². The van der Waals surface area contributed by atoms with Gasteiger partial charge in [0.2, 0.25) is 0 Å². The molecule has 2 N–H and O–H groups in total. The number of nitrogens with one attached hydrogen (secondary N) is 1. The summed E-state index contributed by atoms with van der Waals surface area (Å²) in [6, 6.07) is 9.35. The minimum atomic E-state index is -0.995. The minimum Gasteiger partial charge on any atom is -0.383 e. The molecule has 0 fully saturated rings. The fraction of sp³-hybridized carbons (Fsp3) is 0.333. The highest BCUT2D eigenvalue weighted by atomic mass is 16.5. The van der Waals surface area contributed by atoms with Crippen molar-refractivity contribution in [3.8, 4) is 0 Å². The number of hydrogen-bond donors (Lipinski definition) is 2. The number of carbonyl (C=O) groups is 1. The van der Waals surface area contributed by atoms with Crippen LogP contribution in [0.5, 0.6) is 0 Å². The lowest BCUT2D eigenvalue weighted by Crippen LogP contribution is -2.39. The Morgan fingerprint density at radius 2 is 2.30 bits per heavy atom. The molecule has 0 unspecified atom stereocenters. The van der Waals surface area contributed by atoms with Crippen molar-refractivity contribution in [2.75, 3.05) is 6.54 Å². The molecule has 1 amide bonds. The van der Waals surface area contributed by atoms with E-state index in [-0.39, 0.29) is 18.1 Å². The number of benzene rings is 1. The average Bonchev–Trinajstić information content (AvgIpc) is 3.02. The third-order valence-electron chi connectivity index (χ3n) is 3.73. The fourth-order valence-electron chi connectivity index (χ4n) is 2.64. The zero-order valence-corrected chi connectivity index (χ0v) is 11.2. The van der Waals surface area contributed by atoms with Gasteiger partial charge in [0.05, 0.1) is 6.54 Å². The fourth-order valence-corrected chi connectivity index (χ4v) is 2.64. The van der Waals surface area contributed by atoms with Gasteiger partial charge in [-0.25, -0.2) is 0 Å². The van der Waals surface area contributed by atoms with E-state index in [1.165, 1.54) is 0 Å². The van der Waals surface area contributed by atoms with Crippen molar-refractivity contribution in [2.45, 2.75) is 25.4 Å². The van der Waals surface area contributed by atoms with Crippen LogP contribution in [0.3, 0.4) is 0 Å². The molecule has 0 spiro atoms. The topological polar surface area (TPSA) is 75.4 Å². The van der Waals surface area contributed by atoms with E-state index in [2.05, 4.69) is 10.5 Å². The molecular formula is C15H16N2O3. The Labute approximate surface area is 116 Å². The zero-order valence-electron chi connectivity index (χ0n) is 11.2. The quantitative estimate of drug-likeness (QED) is 0.889. The average molecular weight is 272 g/mol. The zero-order chi connectivity index (χ0) is 14.2. The molecule has 20 heavy (non-hydrogen) atoms. The molecule has 1 aliphatic rings. The number of fused-ring (bicyclic) bond motifs is 1. The number of aliphatic hydroxyl groups is 1. The minimum absolute atomic E-state index is 0.175. The third kappa shape index (κ3) is 2.20. The first kappa shape index (κ1) is 12.9. The van der Waals surface area contributed by atoms with Gasteiger partial charge in [0.15, 0.2) is 5.69 Å². The van der Waals surface area contributed by atoms with Crippen LogP contribution in [0.25, 0.3) is 0 Å². The predicted molar refractivity (Wildman–Crippen MR) is 72.2 cm³/mol. The number of rotatable bonds is 3. The van der Waals surface area contributed by atoms with Crippen molar-refractivity contribution in [2.24, 2.45) is 0 Å². The van der Waals surface area contributed by atoms with Crippen molar-refractivity contribution < 1.29 is 14.4 Å². The summed E-state index contributed by atoms with van der Waals surface area (Å²) in [6.07, 6.45) is 1.44. The Balaban J connectivity index is 1.71. The molecule has 5 heteroatoms. The van der Waals surface area contributed by atoms with Crippen LogP contribution in [0.2, 0.25) is 0 Å². The van der Waals surface area contributed by atoms with E-state index in [0.29, 0.717) is 12.2 Å². The summed E-state index contributed by atoms with van der Waals surface area (Å²) in [4.78, 5) is 11.9. The molecule has 0 saturated heterocycles. The van der Waals surface area contributed by atoms with Gasteiger partial charge in [-0.3, -0.25) is 4.79 Å². The van der Waals surface area contributed by atoms with Gasteiger partial charge in [0.25, 0.3) is 5.91 Å². The van der Waals surface area contributed by atoms with Crippen LogP contribution in [-0.4, -0.2) is 22.7 Å². The molecule has 1 aromatic carbocycles. The van der Waals surface area contributed by atoms with E-state index in [0.717, 1.165) is 17.5 Å². The number of carbonyl (C=O) groups excluding carboxylic acids is 1. The summed E-state index contributed by atoms with van der Waals surface area (Å²) in [7, 11) is 0. The van der Waals surface area contributed by atoms with Crippen molar-refractivity contribution in [1.82, 2.24) is 10.5 Å². The smallest absolute Gasteiger partial charge is 0.273 e. The number of aryl methyl sites for hydroxylation is 2. The summed E-state index contributed by atoms with van der Waals surface area (Å²) in [5.41, 5.74) is 1.28. The van der Waals surface area contributed by atoms with Crippen LogP contribution < -0.4 is 5.32 Å². The number of aromatic nitrogens is 1. The molecule has 1 aromatic heterocycles. The molecule has 1 atom stereocenters. The Morgan fingerprint density at radius 1 is 1.50 bits per heavy atom. The second-order valence-corrected chi connectivity index (χ2v) is 5.19. The Hall–Kier alpha value is -2.14. The molecule has 0 saturated carbocycles. The molecule has 5 nitrogen and oxygen atoms in total. The first-order valence-electron chi connectivity index (χ1n) is 6.61. The van der Waals surface area contributed by atoms with Gasteiger partial charge in [-0.2, -0.15) is 0 Å². The Bertz CT molecular complexity index is 650. The molecule has 3 rings (SSSR count). The summed E-state index contributed by atoms with van der Waals surface area (Å²) in [6.45, 7) is 1.90. The van der Waals surface area contributed by atoms with Gasteiger partial charge in [-0.1, -0.05) is 29.4 Å². The van der Waals surface area contributed by atoms with E-state index in [1.54, 1.807) is 13.0 Å². The molecule has 104 valence electrons. The van der Waals surface area contributed by atoms with Crippen molar-refractivity contribution >= 4 is 5.91 Å². The van der Waals surface area contributed by atoms with Gasteiger partial charge in [-0.05, 0) is 30.9 Å². The third-order valence-corrected chi connectivity index (χ3v) is 3.73. The van der Waals surface area contributed by atoms with Crippen LogP contribution in [0.4, 0.5) is 0 Å². The Kier molecular flexibility index (Phi) is 3.06. The highest BCUT2D eigenvalue weighted by molar-refractivity contribution is 5.92. The van der Waals surface area contributed by atoms with Crippen LogP contribution in [0.1, 0.15) is 33.8 Å². The van der Waals surface area contributed by atoms with Crippen LogP contribution in [0.15, 0.2) is 34.9 Å². The largest absolute Gasteiger partial charge is 0.383 e. The summed E-state index contributed by atoms with van der Waals surface area (Å²) < 4.78 is 4.87. The maximum Gasteiger partial charge on any atom is 0.273 e. The van der Waals surface area contributed by atoms with Gasteiger partial charge >= 0.3 is 0 Å². The predicted octanol–water partition coefficient (Wildman–Crippen LogP) is 1.55. The standard InChI is InChI=1S/C15H16N2O3/c1-10-8-13(17-20-10)14(18)16-9-15(19)7-6-11-4-2-3-5-12(11)15/h2-5,8,19H,6-7,9H2,1H3,(H,16,18)/t15-/m1/s1. The summed E-state index contributed by atoms with van der Waals surface area (Å²) >= 11 is 0. The highest BCUT2D eigenvalue weighted by Crippen LogP contribution is 2.36. The second kappa shape index (κ2) is 4.76. The lowest BCUT2D eigenvalue weighted by Gasteiger charge is -2.24. The van der Waals surface area contributed by atoms with Gasteiger partial charge < -0.3 is 14.9 Å². The van der Waals surface area contributed by atoms with Crippen LogP contribution in [-0.2, 0) is 12.0 Å². The number of nitrogens with zero attached hydrogens (tertiary/aromatic N) is 1. The van der Waals surface area contributed by atoms with Gasteiger partial charge in [0, 0.05) is 6.07 Å². The van der Waals surface area contributed by atoms with Crippen molar-refractivity contribution in [3.63, 3.8) is 0 Å². The Morgan fingerprint density at radius 3 is 3.05 bits per heavy atom. The first-order chi connectivity index (χ1) is 9.58. The van der Waals surface area contributed by atoms with E-state index in [1.807, 2.05) is 24.3 Å². The van der Waals surface area contributed by atoms with E-state index in [4.69, 9.17) is 4.52 Å². The molecular weight excluding hydrogens is 256 g/mol. The molecule has 2 aromatic rings. The van der Waals surface area contributed by atoms with Gasteiger partial charge in [0.1, 0.15) is 11.4 Å². The summed E-state index contributed by atoms with van der Waals surface area (Å²) in [5.74, 6) is 0.250. The first-order valence-corrected chi connectivity index (χ1v) is 6.61. The molecule has 0 aliphatic heterocycles. The van der Waals surface area contributed by atoms with Crippen molar-refractivity contribution in [1.29, 1.82) is 0 Å². The maximum absolute atomic E-state index is 11.9. The molecule has 1 heterocycles. The lowest BCUT2D eigenvalue weighted by atomic mass is 9.96. The molecule has 1 aliphatic carbocycles. The van der Waals surface area contributed by atoms with E-state index < -0.39 is 5.60 Å². The maximum atomic E-state index is 11.9. The summed E-state index contributed by atoms with van der Waals surface area (Å²) in [5, 5.41) is 17.1. The highest BCUT2D eigenvalue weighted by Gasteiger charge is 2.36. The van der Waals surface area contributed by atoms with E-state index in [9.17, 15) is 9.90 Å². The van der Waals surface area contributed by atoms with Crippen LogP contribution >= 0.6 is 0 Å². The molecule has 0 radical (unpaired) electrons. The number of hydrogen-bond acceptors (Lipinski definition) is 4. The van der Waals surface area contributed by atoms with E-state index >= 15 is 0 Å². The SMILES string of the molecule is Cc1cc(C(=O)NC[C@]2(O)CCc3ccccc32)no1. The second-order valence-electron chi connectivity index (χ2n) is 5.19. The monoisotopic (exact) mass is 272 g/mol. The van der Waals surface area contributed by atoms with Gasteiger partial charge in [-0.15, -0.1) is 0 Å². The number of amides is 1. The van der Waals surface area contributed by atoms with Crippen molar-refractivity contribution in [3.05, 3.63) is 52.9 Å².